The minimum absolute atomic E-state index is 0.176. The van der Waals surface area contributed by atoms with Crippen molar-refractivity contribution in [3.05, 3.63) is 40.9 Å². The number of ether oxygens (including phenoxy) is 1. The van der Waals surface area contributed by atoms with Crippen molar-refractivity contribution in [2.75, 3.05) is 13.1 Å². The maximum Gasteiger partial charge on any atom is 0.407 e. The first kappa shape index (κ1) is 18.3. The number of phenols is 1. The molecule has 1 aromatic carbocycles. The van der Waals surface area contributed by atoms with Gasteiger partial charge in [0.2, 0.25) is 0 Å². The van der Waals surface area contributed by atoms with Crippen LogP contribution in [0.2, 0.25) is 5.02 Å². The standard InChI is InChI=1S/C16H23ClN2O3/c1-16(2,3)22-15(21)19-10-5-4-9-18-11-12-13(17)7-6-8-14(12)20/h4-8,18,20H,9-11H2,1-3H3,(H,19,21)/b5-4+. The highest BCUT2D eigenvalue weighted by molar-refractivity contribution is 6.31. The molecule has 1 amide bonds. The van der Waals surface area contributed by atoms with Gasteiger partial charge in [-0.15, -0.1) is 0 Å². The SMILES string of the molecule is CC(C)(C)OC(=O)NC/C=C/CNCc1c(O)cccc1Cl. The van der Waals surface area contributed by atoms with Crippen LogP contribution in [0.25, 0.3) is 0 Å². The number of nitrogens with one attached hydrogen (secondary N) is 2. The molecule has 0 radical (unpaired) electrons. The Hall–Kier alpha value is -1.72. The molecule has 0 aliphatic heterocycles. The second-order valence-corrected chi connectivity index (χ2v) is 6.13. The summed E-state index contributed by atoms with van der Waals surface area (Å²) in [6.07, 6.45) is 3.26. The van der Waals surface area contributed by atoms with Crippen LogP contribution in [0.3, 0.4) is 0 Å². The summed E-state index contributed by atoms with van der Waals surface area (Å²) < 4.78 is 5.11. The average Bonchev–Trinajstić information content (AvgIpc) is 2.38. The lowest BCUT2D eigenvalue weighted by atomic mass is 10.2. The summed E-state index contributed by atoms with van der Waals surface area (Å²) in [4.78, 5) is 11.4. The van der Waals surface area contributed by atoms with Crippen molar-refractivity contribution >= 4 is 17.7 Å². The summed E-state index contributed by atoms with van der Waals surface area (Å²) in [6.45, 7) is 6.91. The number of halogens is 1. The molecule has 6 heteroatoms. The second kappa shape index (κ2) is 8.66. The highest BCUT2D eigenvalue weighted by atomic mass is 35.5. The van der Waals surface area contributed by atoms with Crippen LogP contribution in [0, 0.1) is 0 Å². The van der Waals surface area contributed by atoms with Gasteiger partial charge in [0.1, 0.15) is 11.4 Å². The lowest BCUT2D eigenvalue weighted by molar-refractivity contribution is 0.0534. The Bertz CT molecular complexity index is 504. The van der Waals surface area contributed by atoms with Gasteiger partial charge < -0.3 is 20.5 Å². The smallest absolute Gasteiger partial charge is 0.407 e. The first-order valence-electron chi connectivity index (χ1n) is 7.08. The van der Waals surface area contributed by atoms with Gasteiger partial charge in [0.25, 0.3) is 0 Å². The average molecular weight is 327 g/mol. The van der Waals surface area contributed by atoms with E-state index < -0.39 is 11.7 Å². The van der Waals surface area contributed by atoms with Gasteiger partial charge in [-0.1, -0.05) is 29.8 Å². The Balaban J connectivity index is 2.21. The Labute approximate surface area is 136 Å². The molecule has 0 heterocycles. The third-order valence-electron chi connectivity index (χ3n) is 2.59. The zero-order valence-electron chi connectivity index (χ0n) is 13.1. The van der Waals surface area contributed by atoms with Crippen LogP contribution in [0.15, 0.2) is 30.4 Å². The molecule has 0 aliphatic carbocycles. The molecule has 22 heavy (non-hydrogen) atoms. The number of benzene rings is 1. The molecule has 0 spiro atoms. The minimum atomic E-state index is -0.494. The predicted octanol–water partition coefficient (Wildman–Crippen LogP) is 3.22. The number of alkyl carbamates (subject to hydrolysis) is 1. The number of aromatic hydroxyl groups is 1. The fourth-order valence-corrected chi connectivity index (χ4v) is 1.86. The molecule has 0 saturated carbocycles. The number of phenolic OH excluding ortho intramolecular Hbond substituents is 1. The Morgan fingerprint density at radius 1 is 1.32 bits per heavy atom. The largest absolute Gasteiger partial charge is 0.508 e. The Morgan fingerprint density at radius 2 is 2.00 bits per heavy atom. The van der Waals surface area contributed by atoms with E-state index in [1.165, 1.54) is 0 Å². The predicted molar refractivity (Wildman–Crippen MR) is 88.2 cm³/mol. The summed E-state index contributed by atoms with van der Waals surface area (Å²) in [5, 5.41) is 16.0. The second-order valence-electron chi connectivity index (χ2n) is 5.72. The Kier molecular flexibility index (Phi) is 7.21. The maximum absolute atomic E-state index is 11.4. The molecule has 0 fully saturated rings. The zero-order valence-corrected chi connectivity index (χ0v) is 13.9. The van der Waals surface area contributed by atoms with Gasteiger partial charge in [0, 0.05) is 30.2 Å². The number of carbonyl (C=O) groups is 1. The first-order valence-corrected chi connectivity index (χ1v) is 7.46. The Morgan fingerprint density at radius 3 is 2.64 bits per heavy atom. The van der Waals surface area contributed by atoms with E-state index in [0.29, 0.717) is 30.2 Å². The third kappa shape index (κ3) is 7.33. The van der Waals surface area contributed by atoms with Crippen molar-refractivity contribution < 1.29 is 14.6 Å². The van der Waals surface area contributed by atoms with Crippen molar-refractivity contribution in [3.63, 3.8) is 0 Å². The van der Waals surface area contributed by atoms with E-state index >= 15 is 0 Å². The number of carbonyl (C=O) groups excluding carboxylic acids is 1. The van der Waals surface area contributed by atoms with Crippen molar-refractivity contribution in [2.45, 2.75) is 32.9 Å². The molecule has 0 aromatic heterocycles. The fraction of sp³-hybridized carbons (Fsp3) is 0.438. The summed E-state index contributed by atoms with van der Waals surface area (Å²) in [7, 11) is 0. The van der Waals surface area contributed by atoms with E-state index in [1.807, 2.05) is 32.9 Å². The molecule has 0 bridgehead atoms. The van der Waals surface area contributed by atoms with Crippen LogP contribution in [-0.4, -0.2) is 29.9 Å². The van der Waals surface area contributed by atoms with E-state index in [9.17, 15) is 9.90 Å². The van der Waals surface area contributed by atoms with Gasteiger partial charge in [-0.3, -0.25) is 0 Å². The lowest BCUT2D eigenvalue weighted by Gasteiger charge is -2.19. The molecule has 0 aliphatic rings. The van der Waals surface area contributed by atoms with Gasteiger partial charge in [-0.05, 0) is 32.9 Å². The van der Waals surface area contributed by atoms with Crippen molar-refractivity contribution in [2.24, 2.45) is 0 Å². The molecule has 5 nitrogen and oxygen atoms in total. The first-order chi connectivity index (χ1) is 10.3. The fourth-order valence-electron chi connectivity index (χ4n) is 1.63. The molecule has 0 atom stereocenters. The van der Waals surface area contributed by atoms with Crippen LogP contribution in [-0.2, 0) is 11.3 Å². The zero-order chi connectivity index (χ0) is 16.6. The molecule has 1 aromatic rings. The third-order valence-corrected chi connectivity index (χ3v) is 2.94. The quantitative estimate of drug-likeness (QED) is 0.554. The van der Waals surface area contributed by atoms with Crippen LogP contribution in [0.5, 0.6) is 5.75 Å². The number of hydrogen-bond acceptors (Lipinski definition) is 4. The molecule has 0 saturated heterocycles. The van der Waals surface area contributed by atoms with Crippen molar-refractivity contribution in [3.8, 4) is 5.75 Å². The highest BCUT2D eigenvalue weighted by Gasteiger charge is 2.14. The summed E-state index contributed by atoms with van der Waals surface area (Å²) in [5.41, 5.74) is 0.177. The monoisotopic (exact) mass is 326 g/mol. The van der Waals surface area contributed by atoms with E-state index in [-0.39, 0.29) is 5.75 Å². The van der Waals surface area contributed by atoms with Crippen LogP contribution >= 0.6 is 11.6 Å². The normalized spacial score (nSPS) is 11.6. The summed E-state index contributed by atoms with van der Waals surface area (Å²) in [6, 6.07) is 5.03. The van der Waals surface area contributed by atoms with Gasteiger partial charge >= 0.3 is 6.09 Å². The summed E-state index contributed by atoms with van der Waals surface area (Å²) >= 11 is 6.00. The summed E-state index contributed by atoms with van der Waals surface area (Å²) in [5.74, 6) is 0.176. The molecule has 1 rings (SSSR count). The molecule has 0 unspecified atom stereocenters. The molecular weight excluding hydrogens is 304 g/mol. The van der Waals surface area contributed by atoms with Crippen LogP contribution in [0.1, 0.15) is 26.3 Å². The van der Waals surface area contributed by atoms with E-state index in [4.69, 9.17) is 16.3 Å². The number of amides is 1. The van der Waals surface area contributed by atoms with Crippen molar-refractivity contribution in [1.29, 1.82) is 0 Å². The van der Waals surface area contributed by atoms with Crippen LogP contribution < -0.4 is 10.6 Å². The van der Waals surface area contributed by atoms with E-state index in [0.717, 1.165) is 0 Å². The minimum Gasteiger partial charge on any atom is -0.508 e. The maximum atomic E-state index is 11.4. The van der Waals surface area contributed by atoms with Gasteiger partial charge in [-0.2, -0.15) is 0 Å². The molecular formula is C16H23ClN2O3. The molecule has 3 N–H and O–H groups in total. The van der Waals surface area contributed by atoms with E-state index in [1.54, 1.807) is 18.2 Å². The topological polar surface area (TPSA) is 70.6 Å². The lowest BCUT2D eigenvalue weighted by Crippen LogP contribution is -2.32. The van der Waals surface area contributed by atoms with Gasteiger partial charge in [-0.25, -0.2) is 4.79 Å². The highest BCUT2D eigenvalue weighted by Crippen LogP contribution is 2.24. The number of hydrogen-bond donors (Lipinski definition) is 3. The molecule has 122 valence electrons. The van der Waals surface area contributed by atoms with Crippen LogP contribution in [0.4, 0.5) is 4.79 Å². The number of rotatable bonds is 6. The van der Waals surface area contributed by atoms with Gasteiger partial charge in [0.05, 0.1) is 0 Å². The van der Waals surface area contributed by atoms with E-state index in [2.05, 4.69) is 10.6 Å². The van der Waals surface area contributed by atoms with Gasteiger partial charge in [0.15, 0.2) is 0 Å². The van der Waals surface area contributed by atoms with Crippen molar-refractivity contribution in [1.82, 2.24) is 10.6 Å².